The maximum atomic E-state index is 13.1. The molecule has 1 N–H and O–H groups in total. The Balaban J connectivity index is 1.81. The van der Waals surface area contributed by atoms with Crippen molar-refractivity contribution in [2.75, 3.05) is 0 Å². The van der Waals surface area contributed by atoms with Gasteiger partial charge in [0.1, 0.15) is 12.0 Å². The van der Waals surface area contributed by atoms with Gasteiger partial charge in [-0.25, -0.2) is 0 Å². The molecular weight excluding hydrogens is 386 g/mol. The number of para-hydroxylation sites is 2. The Labute approximate surface area is 178 Å². The molecule has 0 spiro atoms. The largest absolute Gasteiger partial charge is 0.348 e. The predicted octanol–water partition coefficient (Wildman–Crippen LogP) is 5.39. The van der Waals surface area contributed by atoms with Gasteiger partial charge in [0, 0.05) is 34.0 Å². The molecule has 2 bridgehead atoms. The lowest BCUT2D eigenvalue weighted by Gasteiger charge is -2.31. The summed E-state index contributed by atoms with van der Waals surface area (Å²) in [4.78, 5) is 13.1. The standard InChI is InChI=1S/C26H21N3O2/c1-13-11-19-28-17-9-5-3-7-14(17)21-22-16(12-27-25(22)30)20-15-8-4-6-10-18(15)29(24(20)23(21)28)26(13,2)31-19/h3-10,13,19H,11-12H2,1-2H3,(H,27,30)/t13-,19?,26+/m1/s1. The Morgan fingerprint density at radius 3 is 2.52 bits per heavy atom. The maximum absolute atomic E-state index is 13.1. The van der Waals surface area contributed by atoms with E-state index in [1.165, 1.54) is 21.8 Å². The molecular formula is C26H21N3O2. The summed E-state index contributed by atoms with van der Waals surface area (Å²) in [6.07, 6.45) is 0.896. The van der Waals surface area contributed by atoms with Crippen LogP contribution in [0.4, 0.5) is 0 Å². The molecule has 1 saturated heterocycles. The van der Waals surface area contributed by atoms with Gasteiger partial charge in [-0.3, -0.25) is 4.79 Å². The van der Waals surface area contributed by atoms with Crippen molar-refractivity contribution in [1.82, 2.24) is 14.5 Å². The molecule has 31 heavy (non-hydrogen) atoms. The van der Waals surface area contributed by atoms with Crippen LogP contribution < -0.4 is 5.32 Å². The minimum absolute atomic E-state index is 0.0338. The van der Waals surface area contributed by atoms with Crippen molar-refractivity contribution < 1.29 is 9.53 Å². The normalized spacial score (nSPS) is 26.5. The van der Waals surface area contributed by atoms with Crippen LogP contribution in [-0.4, -0.2) is 15.0 Å². The molecule has 0 radical (unpaired) electrons. The third-order valence-electron chi connectivity index (χ3n) is 8.09. The van der Waals surface area contributed by atoms with E-state index in [-0.39, 0.29) is 12.1 Å². The van der Waals surface area contributed by atoms with E-state index < -0.39 is 5.72 Å². The predicted molar refractivity (Wildman–Crippen MR) is 121 cm³/mol. The number of benzene rings is 3. The summed E-state index contributed by atoms with van der Waals surface area (Å²) in [7, 11) is 0. The van der Waals surface area contributed by atoms with Gasteiger partial charge in [-0.05, 0) is 31.0 Å². The van der Waals surface area contributed by atoms with Gasteiger partial charge < -0.3 is 19.2 Å². The van der Waals surface area contributed by atoms with Crippen molar-refractivity contribution in [2.24, 2.45) is 5.92 Å². The molecule has 3 aliphatic rings. The fourth-order valence-electron chi connectivity index (χ4n) is 6.63. The Kier molecular flexibility index (Phi) is 2.61. The number of aromatic nitrogens is 2. The third kappa shape index (κ3) is 1.60. The molecule has 5 heteroatoms. The van der Waals surface area contributed by atoms with Crippen molar-refractivity contribution in [3.05, 3.63) is 59.7 Å². The maximum Gasteiger partial charge on any atom is 0.252 e. The van der Waals surface area contributed by atoms with E-state index in [0.717, 1.165) is 39.4 Å². The fraction of sp³-hybridized carbons (Fsp3) is 0.269. The highest BCUT2D eigenvalue weighted by Gasteiger charge is 2.50. The zero-order valence-electron chi connectivity index (χ0n) is 17.4. The van der Waals surface area contributed by atoms with Crippen molar-refractivity contribution in [3.63, 3.8) is 0 Å². The average molecular weight is 407 g/mol. The van der Waals surface area contributed by atoms with Gasteiger partial charge in [0.2, 0.25) is 0 Å². The molecule has 1 amide bonds. The molecule has 3 atom stereocenters. The highest BCUT2D eigenvalue weighted by molar-refractivity contribution is 6.31. The van der Waals surface area contributed by atoms with E-state index in [2.05, 4.69) is 76.8 Å². The number of nitrogens with one attached hydrogen (secondary N) is 1. The Hall–Kier alpha value is -3.31. The Bertz CT molecular complexity index is 1660. The summed E-state index contributed by atoms with van der Waals surface area (Å²) in [6.45, 7) is 5.11. The smallest absolute Gasteiger partial charge is 0.252 e. The van der Waals surface area contributed by atoms with Gasteiger partial charge in [0.15, 0.2) is 0 Å². The van der Waals surface area contributed by atoms with E-state index in [9.17, 15) is 4.79 Å². The van der Waals surface area contributed by atoms with Gasteiger partial charge in [0.25, 0.3) is 5.91 Å². The van der Waals surface area contributed by atoms with Gasteiger partial charge >= 0.3 is 0 Å². The number of amides is 1. The van der Waals surface area contributed by atoms with Crippen molar-refractivity contribution in [3.8, 4) is 0 Å². The first-order valence-electron chi connectivity index (χ1n) is 11.1. The topological polar surface area (TPSA) is 48.2 Å². The number of hydrogen-bond donors (Lipinski definition) is 1. The van der Waals surface area contributed by atoms with Crippen LogP contribution in [0.25, 0.3) is 43.6 Å². The summed E-state index contributed by atoms with van der Waals surface area (Å²) in [5, 5.41) is 7.73. The quantitative estimate of drug-likeness (QED) is 0.374. The van der Waals surface area contributed by atoms with E-state index in [4.69, 9.17) is 4.74 Å². The van der Waals surface area contributed by atoms with Gasteiger partial charge in [-0.15, -0.1) is 0 Å². The molecule has 2 aromatic heterocycles. The minimum atomic E-state index is -0.441. The monoisotopic (exact) mass is 407 g/mol. The lowest BCUT2D eigenvalue weighted by Crippen LogP contribution is -2.34. The second-order valence-electron chi connectivity index (χ2n) is 9.49. The number of fused-ring (bicyclic) bond motifs is 13. The minimum Gasteiger partial charge on any atom is -0.348 e. The summed E-state index contributed by atoms with van der Waals surface area (Å²) in [5.74, 6) is 0.389. The van der Waals surface area contributed by atoms with Crippen LogP contribution in [0.1, 0.15) is 42.4 Å². The van der Waals surface area contributed by atoms with Crippen LogP contribution in [0.2, 0.25) is 0 Å². The SMILES string of the molecule is C[C@@H]1CC2O[C@]1(C)n1c3ccccc3c3c4c(c5c6ccccc6n2c5c31)C(=O)NC4. The first-order chi connectivity index (χ1) is 15.1. The van der Waals surface area contributed by atoms with E-state index in [1.54, 1.807) is 0 Å². The molecule has 1 unspecified atom stereocenters. The number of ether oxygens (including phenoxy) is 1. The highest BCUT2D eigenvalue weighted by Crippen LogP contribution is 2.55. The molecule has 5 heterocycles. The molecule has 8 rings (SSSR count). The second kappa shape index (κ2) is 4.94. The number of hydrogen-bond acceptors (Lipinski definition) is 2. The number of nitrogens with zero attached hydrogens (tertiary/aromatic N) is 2. The van der Waals surface area contributed by atoms with E-state index in [0.29, 0.717) is 12.5 Å². The van der Waals surface area contributed by atoms with Gasteiger partial charge in [-0.1, -0.05) is 43.3 Å². The summed E-state index contributed by atoms with van der Waals surface area (Å²) < 4.78 is 11.7. The van der Waals surface area contributed by atoms with Crippen LogP contribution in [0, 0.1) is 5.92 Å². The molecule has 1 fully saturated rings. The van der Waals surface area contributed by atoms with Gasteiger partial charge in [-0.2, -0.15) is 0 Å². The third-order valence-corrected chi connectivity index (χ3v) is 8.09. The molecule has 5 aromatic rings. The van der Waals surface area contributed by atoms with Crippen molar-refractivity contribution in [1.29, 1.82) is 0 Å². The molecule has 0 aliphatic carbocycles. The molecule has 5 nitrogen and oxygen atoms in total. The van der Waals surface area contributed by atoms with Crippen molar-refractivity contribution >= 4 is 49.5 Å². The lowest BCUT2D eigenvalue weighted by molar-refractivity contribution is -0.114. The van der Waals surface area contributed by atoms with Crippen LogP contribution in [-0.2, 0) is 17.0 Å². The summed E-state index contributed by atoms with van der Waals surface area (Å²) in [6, 6.07) is 17.1. The molecule has 3 aromatic carbocycles. The summed E-state index contributed by atoms with van der Waals surface area (Å²) in [5.41, 5.74) is 6.20. The van der Waals surface area contributed by atoms with E-state index >= 15 is 0 Å². The zero-order chi connectivity index (χ0) is 20.6. The first-order valence-corrected chi connectivity index (χ1v) is 11.1. The number of rotatable bonds is 0. The zero-order valence-corrected chi connectivity index (χ0v) is 17.4. The van der Waals surface area contributed by atoms with Crippen LogP contribution in [0.3, 0.4) is 0 Å². The van der Waals surface area contributed by atoms with Crippen LogP contribution in [0.5, 0.6) is 0 Å². The average Bonchev–Trinajstić information content (AvgIpc) is 3.46. The number of carbonyl (C=O) groups excluding carboxylic acids is 1. The second-order valence-corrected chi connectivity index (χ2v) is 9.49. The van der Waals surface area contributed by atoms with E-state index in [1.807, 2.05) is 0 Å². The Morgan fingerprint density at radius 2 is 1.71 bits per heavy atom. The summed E-state index contributed by atoms with van der Waals surface area (Å²) >= 11 is 0. The van der Waals surface area contributed by atoms with Crippen molar-refractivity contribution in [2.45, 2.75) is 38.8 Å². The van der Waals surface area contributed by atoms with Crippen LogP contribution >= 0.6 is 0 Å². The number of carbonyl (C=O) groups is 1. The Morgan fingerprint density at radius 1 is 1.00 bits per heavy atom. The molecule has 0 saturated carbocycles. The molecule has 3 aliphatic heterocycles. The highest BCUT2D eigenvalue weighted by atomic mass is 16.5. The van der Waals surface area contributed by atoms with Crippen LogP contribution in [0.15, 0.2) is 48.5 Å². The molecule has 152 valence electrons. The first kappa shape index (κ1) is 16.4. The van der Waals surface area contributed by atoms with Gasteiger partial charge in [0.05, 0.1) is 27.6 Å². The fourth-order valence-corrected chi connectivity index (χ4v) is 6.63. The lowest BCUT2D eigenvalue weighted by atomic mass is 9.95.